The van der Waals surface area contributed by atoms with E-state index in [-0.39, 0.29) is 0 Å². The Hall–Kier alpha value is -8.48. The van der Waals surface area contributed by atoms with Crippen LogP contribution in [0.3, 0.4) is 0 Å². The number of allylic oxidation sites excluding steroid dienone is 2. The van der Waals surface area contributed by atoms with E-state index in [1.807, 2.05) is 121 Å². The van der Waals surface area contributed by atoms with Gasteiger partial charge in [-0.1, -0.05) is 218 Å². The van der Waals surface area contributed by atoms with Crippen LogP contribution in [0, 0.1) is 0 Å². The second kappa shape index (κ2) is 16.5. The highest BCUT2D eigenvalue weighted by molar-refractivity contribution is 6.11. The van der Waals surface area contributed by atoms with Crippen molar-refractivity contribution in [1.29, 1.82) is 0 Å². The van der Waals surface area contributed by atoms with Crippen LogP contribution in [0.15, 0.2) is 206 Å². The maximum Gasteiger partial charge on any atom is 0.164 e. The molecule has 296 valence electrons. The number of hydrogen-bond donors (Lipinski definition) is 0. The first-order valence-electron chi connectivity index (χ1n) is 21.1. The van der Waals surface area contributed by atoms with Crippen LogP contribution in [0.2, 0.25) is 0 Å². The number of rotatable bonds is 8. The van der Waals surface area contributed by atoms with Gasteiger partial charge < -0.3 is 0 Å². The molecule has 2 aromatic heterocycles. The van der Waals surface area contributed by atoms with Gasteiger partial charge in [0.25, 0.3) is 0 Å². The Balaban J connectivity index is 1.05. The molecule has 0 atom stereocenters. The molecular weight excluding hydrogens is 769 g/mol. The summed E-state index contributed by atoms with van der Waals surface area (Å²) in [6.45, 7) is 0. The lowest BCUT2D eigenvalue weighted by Gasteiger charge is -2.21. The van der Waals surface area contributed by atoms with Crippen LogP contribution in [-0.4, -0.2) is 29.9 Å². The van der Waals surface area contributed by atoms with Crippen molar-refractivity contribution in [2.24, 2.45) is 0 Å². The highest BCUT2D eigenvalue weighted by Gasteiger charge is 2.22. The fraction of sp³-hybridized carbons (Fsp3) is 0.0175. The zero-order valence-electron chi connectivity index (χ0n) is 34.2. The standard InChI is InChI=1S/C57H38N6/c1-6-18-40(19-7-1)52-58-53(41-20-8-2-9-21-41)61-56(60-52)44-34-30-38(31-35-44)50-48-28-15-5-14-26-46(48)47-27-16-17-29-49(47)51(50)39-32-36-45(37-33-39)57-62-54(42-22-10-3-11-23-42)59-55(63-57)43-24-12-4-13-25-43/h1-4,6-37H,5H2. The average molecular weight is 807 g/mol. The molecule has 6 heteroatoms. The summed E-state index contributed by atoms with van der Waals surface area (Å²) in [6, 6.07) is 66.4. The van der Waals surface area contributed by atoms with E-state index in [1.54, 1.807) is 0 Å². The quantitative estimate of drug-likeness (QED) is 0.152. The lowest BCUT2D eigenvalue weighted by molar-refractivity contribution is 1.07. The Morgan fingerprint density at radius 2 is 0.524 bits per heavy atom. The third-order valence-corrected chi connectivity index (χ3v) is 11.4. The lowest BCUT2D eigenvalue weighted by Crippen LogP contribution is -2.00. The molecule has 0 aliphatic heterocycles. The normalized spacial score (nSPS) is 11.9. The largest absolute Gasteiger partial charge is 0.208 e. The third-order valence-electron chi connectivity index (χ3n) is 11.4. The second-order valence-electron chi connectivity index (χ2n) is 15.4. The van der Waals surface area contributed by atoms with Crippen LogP contribution in [-0.2, 0) is 0 Å². The highest BCUT2D eigenvalue weighted by Crippen LogP contribution is 2.45. The summed E-state index contributed by atoms with van der Waals surface area (Å²) in [5.74, 6) is 3.78. The van der Waals surface area contributed by atoms with Crippen molar-refractivity contribution in [3.8, 4) is 90.6 Å². The smallest absolute Gasteiger partial charge is 0.164 e. The van der Waals surface area contributed by atoms with E-state index in [4.69, 9.17) is 29.9 Å². The Morgan fingerprint density at radius 3 is 0.905 bits per heavy atom. The first kappa shape index (κ1) is 37.5. The van der Waals surface area contributed by atoms with Crippen molar-refractivity contribution in [1.82, 2.24) is 29.9 Å². The molecule has 8 aromatic carbocycles. The van der Waals surface area contributed by atoms with Crippen molar-refractivity contribution in [2.45, 2.75) is 6.42 Å². The van der Waals surface area contributed by atoms with Gasteiger partial charge in [0.05, 0.1) is 0 Å². The van der Waals surface area contributed by atoms with E-state index < -0.39 is 0 Å². The van der Waals surface area contributed by atoms with Crippen LogP contribution in [0.4, 0.5) is 0 Å². The molecule has 0 amide bonds. The molecule has 11 rings (SSSR count). The minimum absolute atomic E-state index is 0.620. The van der Waals surface area contributed by atoms with E-state index in [0.717, 1.165) is 62.1 Å². The van der Waals surface area contributed by atoms with Crippen molar-refractivity contribution in [3.05, 3.63) is 217 Å². The predicted octanol–water partition coefficient (Wildman–Crippen LogP) is 14.0. The summed E-state index contributed by atoms with van der Waals surface area (Å²) in [6.07, 6.45) is 9.92. The summed E-state index contributed by atoms with van der Waals surface area (Å²) >= 11 is 0. The van der Waals surface area contributed by atoms with Gasteiger partial charge in [0.15, 0.2) is 34.9 Å². The zero-order chi connectivity index (χ0) is 42.0. The van der Waals surface area contributed by atoms with E-state index in [0.29, 0.717) is 34.9 Å². The maximum absolute atomic E-state index is 5.01. The van der Waals surface area contributed by atoms with Gasteiger partial charge >= 0.3 is 0 Å². The molecule has 0 spiro atoms. The van der Waals surface area contributed by atoms with E-state index in [1.165, 1.54) is 21.9 Å². The van der Waals surface area contributed by atoms with Gasteiger partial charge in [-0.25, -0.2) is 29.9 Å². The van der Waals surface area contributed by atoms with Gasteiger partial charge in [-0.3, -0.25) is 0 Å². The van der Waals surface area contributed by atoms with E-state index in [9.17, 15) is 0 Å². The van der Waals surface area contributed by atoms with Crippen molar-refractivity contribution < 1.29 is 0 Å². The highest BCUT2D eigenvalue weighted by atomic mass is 15.0. The van der Waals surface area contributed by atoms with Crippen molar-refractivity contribution in [3.63, 3.8) is 0 Å². The van der Waals surface area contributed by atoms with Gasteiger partial charge in [0.1, 0.15) is 0 Å². The molecule has 0 saturated heterocycles. The molecule has 6 nitrogen and oxygen atoms in total. The topological polar surface area (TPSA) is 77.3 Å². The third kappa shape index (κ3) is 7.40. The van der Waals surface area contributed by atoms with Gasteiger partial charge in [0, 0.05) is 33.4 Å². The van der Waals surface area contributed by atoms with E-state index >= 15 is 0 Å². The van der Waals surface area contributed by atoms with Crippen LogP contribution < -0.4 is 0 Å². The minimum Gasteiger partial charge on any atom is -0.208 e. The zero-order valence-corrected chi connectivity index (χ0v) is 34.2. The molecule has 10 aromatic rings. The van der Waals surface area contributed by atoms with Gasteiger partial charge in [-0.15, -0.1) is 0 Å². The molecule has 0 N–H and O–H groups in total. The number of hydrogen-bond acceptors (Lipinski definition) is 6. The summed E-state index contributed by atoms with van der Waals surface area (Å²) in [5, 5.41) is 2.39. The Labute approximate surface area is 365 Å². The number of benzene rings is 8. The fourth-order valence-corrected chi connectivity index (χ4v) is 8.34. The number of fused-ring (bicyclic) bond motifs is 3. The number of nitrogens with zero attached hydrogens (tertiary/aromatic N) is 6. The summed E-state index contributed by atoms with van der Waals surface area (Å²) < 4.78 is 0. The first-order valence-corrected chi connectivity index (χ1v) is 21.1. The molecule has 0 fully saturated rings. The molecule has 0 bridgehead atoms. The van der Waals surface area contributed by atoms with Crippen LogP contribution in [0.25, 0.3) is 114 Å². The molecular formula is C57H38N6. The minimum atomic E-state index is 0.620. The lowest BCUT2D eigenvalue weighted by atomic mass is 9.82. The Kier molecular flexibility index (Phi) is 9.84. The molecule has 1 aliphatic rings. The first-order chi connectivity index (χ1) is 31.2. The van der Waals surface area contributed by atoms with Gasteiger partial charge in [0.2, 0.25) is 0 Å². The van der Waals surface area contributed by atoms with Gasteiger partial charge in [-0.2, -0.15) is 0 Å². The monoisotopic (exact) mass is 806 g/mol. The average Bonchev–Trinajstić information content (AvgIpc) is 3.63. The van der Waals surface area contributed by atoms with Gasteiger partial charge in [-0.05, 0) is 50.6 Å². The summed E-state index contributed by atoms with van der Waals surface area (Å²) in [4.78, 5) is 29.9. The maximum atomic E-state index is 5.01. The number of aromatic nitrogens is 6. The molecule has 0 unspecified atom stereocenters. The van der Waals surface area contributed by atoms with Crippen molar-refractivity contribution in [2.75, 3.05) is 0 Å². The summed E-state index contributed by atoms with van der Waals surface area (Å²) in [7, 11) is 0. The van der Waals surface area contributed by atoms with E-state index in [2.05, 4.69) is 97.1 Å². The Morgan fingerprint density at radius 1 is 0.238 bits per heavy atom. The molecule has 1 aliphatic carbocycles. The van der Waals surface area contributed by atoms with Crippen LogP contribution in [0.5, 0.6) is 0 Å². The molecule has 0 saturated carbocycles. The predicted molar refractivity (Wildman–Crippen MR) is 257 cm³/mol. The summed E-state index contributed by atoms with van der Waals surface area (Å²) in [5.41, 5.74) is 12.5. The SMILES string of the molecule is C1=Cc2c(-c3ccc(-c4nc(-c5ccccc5)nc(-c5ccccc5)n4)cc3)c(-c3ccc(-c4nc(-c5ccccc5)nc(-c5ccccc5)n4)cc3)c3ccccc3c2C=CC1. The molecule has 2 heterocycles. The fourth-order valence-electron chi connectivity index (χ4n) is 8.34. The van der Waals surface area contributed by atoms with Crippen LogP contribution >= 0.6 is 0 Å². The van der Waals surface area contributed by atoms with Crippen LogP contribution in [0.1, 0.15) is 17.5 Å². The molecule has 0 radical (unpaired) electrons. The Bertz CT molecular complexity index is 3200. The second-order valence-corrected chi connectivity index (χ2v) is 15.4. The molecule has 63 heavy (non-hydrogen) atoms. The van der Waals surface area contributed by atoms with Crippen molar-refractivity contribution >= 4 is 22.9 Å².